The van der Waals surface area contributed by atoms with E-state index < -0.39 is 0 Å². The number of pyridine rings is 1. The van der Waals surface area contributed by atoms with Gasteiger partial charge in [-0.05, 0) is 24.3 Å². The van der Waals surface area contributed by atoms with Crippen molar-refractivity contribution in [2.45, 2.75) is 0 Å². The number of benzene rings is 1. The van der Waals surface area contributed by atoms with Crippen LogP contribution in [0, 0.1) is 11.3 Å². The highest BCUT2D eigenvalue weighted by atomic mass is 15.4. The van der Waals surface area contributed by atoms with Gasteiger partial charge in [-0.25, -0.2) is 9.67 Å². The maximum atomic E-state index is 8.91. The van der Waals surface area contributed by atoms with E-state index in [1.165, 1.54) is 0 Å². The summed E-state index contributed by atoms with van der Waals surface area (Å²) in [6, 6.07) is 12.8. The third-order valence-corrected chi connectivity index (χ3v) is 2.79. The van der Waals surface area contributed by atoms with Crippen LogP contribution in [0.2, 0.25) is 0 Å². The monoisotopic (exact) mass is 262 g/mol. The Labute approximate surface area is 115 Å². The minimum absolute atomic E-state index is 0.586. The number of aromatic nitrogens is 4. The molecule has 1 aromatic carbocycles. The maximum Gasteiger partial charge on any atom is 0.155 e. The Morgan fingerprint density at radius 3 is 2.85 bits per heavy atom. The molecule has 0 aliphatic heterocycles. The first-order valence-electron chi connectivity index (χ1n) is 5.91. The minimum atomic E-state index is 0.586. The van der Waals surface area contributed by atoms with Gasteiger partial charge in [0.25, 0.3) is 0 Å². The molecule has 0 fully saturated rings. The molecule has 3 rings (SSSR count). The van der Waals surface area contributed by atoms with Crippen LogP contribution in [0.25, 0.3) is 17.1 Å². The largest absolute Gasteiger partial charge is 0.397 e. The van der Waals surface area contributed by atoms with Crippen molar-refractivity contribution in [1.29, 1.82) is 5.26 Å². The van der Waals surface area contributed by atoms with Crippen LogP contribution in [-0.2, 0) is 0 Å². The second kappa shape index (κ2) is 4.82. The molecule has 0 atom stereocenters. The Kier molecular flexibility index (Phi) is 2.86. The molecule has 0 bridgehead atoms. The Hall–Kier alpha value is -3.20. The number of rotatable bonds is 2. The summed E-state index contributed by atoms with van der Waals surface area (Å²) in [5, 5.41) is 17.0. The molecule has 3 aromatic rings. The topological polar surface area (TPSA) is 93.4 Å². The summed E-state index contributed by atoms with van der Waals surface area (Å²) in [7, 11) is 0. The Morgan fingerprint density at radius 1 is 1.20 bits per heavy atom. The molecule has 2 heterocycles. The van der Waals surface area contributed by atoms with Gasteiger partial charge in [0.2, 0.25) is 0 Å². The molecule has 0 amide bonds. The minimum Gasteiger partial charge on any atom is -0.397 e. The number of anilines is 1. The predicted octanol–water partition coefficient (Wildman–Crippen LogP) is 1.78. The van der Waals surface area contributed by atoms with Crippen LogP contribution in [-0.4, -0.2) is 20.0 Å². The van der Waals surface area contributed by atoms with Crippen molar-refractivity contribution in [2.24, 2.45) is 0 Å². The molecular formula is C14H10N6. The van der Waals surface area contributed by atoms with Gasteiger partial charge in [0.15, 0.2) is 5.82 Å². The average Bonchev–Trinajstić information content (AvgIpc) is 2.98. The number of hydrogen-bond acceptors (Lipinski definition) is 5. The average molecular weight is 262 g/mol. The molecular weight excluding hydrogens is 252 g/mol. The van der Waals surface area contributed by atoms with Gasteiger partial charge in [-0.3, -0.25) is 0 Å². The molecule has 0 aliphatic rings. The van der Waals surface area contributed by atoms with Crippen LogP contribution >= 0.6 is 0 Å². The van der Waals surface area contributed by atoms with E-state index in [1.54, 1.807) is 41.3 Å². The van der Waals surface area contributed by atoms with Gasteiger partial charge in [0.1, 0.15) is 5.69 Å². The zero-order chi connectivity index (χ0) is 13.9. The number of nitriles is 1. The van der Waals surface area contributed by atoms with Gasteiger partial charge in [-0.1, -0.05) is 17.3 Å². The van der Waals surface area contributed by atoms with E-state index in [1.807, 2.05) is 12.1 Å². The normalized spacial score (nSPS) is 10.2. The molecule has 0 saturated carbocycles. The summed E-state index contributed by atoms with van der Waals surface area (Å²) in [5.74, 6) is 0.634. The van der Waals surface area contributed by atoms with Gasteiger partial charge in [0.05, 0.1) is 29.7 Å². The summed E-state index contributed by atoms with van der Waals surface area (Å²) >= 11 is 0. The van der Waals surface area contributed by atoms with Crippen molar-refractivity contribution in [3.05, 3.63) is 54.4 Å². The van der Waals surface area contributed by atoms with Gasteiger partial charge in [-0.15, -0.1) is 5.10 Å². The smallest absolute Gasteiger partial charge is 0.155 e. The summed E-state index contributed by atoms with van der Waals surface area (Å²) < 4.78 is 1.56. The summed E-state index contributed by atoms with van der Waals surface area (Å²) in [6.07, 6.45) is 3.32. The Balaban J connectivity index is 1.97. The fraction of sp³-hybridized carbons (Fsp3) is 0. The maximum absolute atomic E-state index is 8.91. The molecule has 0 radical (unpaired) electrons. The molecule has 0 aliphatic carbocycles. The molecule has 2 N–H and O–H groups in total. The summed E-state index contributed by atoms with van der Waals surface area (Å²) in [5.41, 5.74) is 8.29. The first-order chi connectivity index (χ1) is 9.76. The third-order valence-electron chi connectivity index (χ3n) is 2.79. The number of hydrogen-bond donors (Lipinski definition) is 1. The quantitative estimate of drug-likeness (QED) is 0.759. The molecule has 0 saturated heterocycles. The second-order valence-electron chi connectivity index (χ2n) is 4.19. The van der Waals surface area contributed by atoms with E-state index in [2.05, 4.69) is 21.4 Å². The van der Waals surface area contributed by atoms with Crippen LogP contribution < -0.4 is 5.73 Å². The van der Waals surface area contributed by atoms with Crippen molar-refractivity contribution in [3.63, 3.8) is 0 Å². The van der Waals surface area contributed by atoms with E-state index >= 15 is 0 Å². The molecule has 0 unspecified atom stereocenters. The molecule has 20 heavy (non-hydrogen) atoms. The number of nitrogen functional groups attached to an aromatic ring is 1. The predicted molar refractivity (Wildman–Crippen MR) is 73.7 cm³/mol. The van der Waals surface area contributed by atoms with Crippen molar-refractivity contribution >= 4 is 5.69 Å². The SMILES string of the molecule is N#Cc1cccc(-c2cn(-c3ccc(N)cn3)nn2)c1. The van der Waals surface area contributed by atoms with Crippen LogP contribution in [0.15, 0.2) is 48.8 Å². The standard InChI is InChI=1S/C14H10N6/c15-7-10-2-1-3-11(6-10)13-9-20(19-18-13)14-5-4-12(16)8-17-14/h1-6,8-9H,16H2. The lowest BCUT2D eigenvalue weighted by Gasteiger charge is -1.98. The van der Waals surface area contributed by atoms with Crippen molar-refractivity contribution < 1.29 is 0 Å². The van der Waals surface area contributed by atoms with E-state index in [9.17, 15) is 0 Å². The molecule has 6 heteroatoms. The van der Waals surface area contributed by atoms with E-state index in [4.69, 9.17) is 11.0 Å². The highest BCUT2D eigenvalue weighted by Crippen LogP contribution is 2.18. The first kappa shape index (κ1) is 11.9. The highest BCUT2D eigenvalue weighted by molar-refractivity contribution is 5.60. The second-order valence-corrected chi connectivity index (χ2v) is 4.19. The lowest BCUT2D eigenvalue weighted by molar-refractivity contribution is 0.782. The van der Waals surface area contributed by atoms with E-state index in [-0.39, 0.29) is 0 Å². The molecule has 96 valence electrons. The molecule has 0 spiro atoms. The van der Waals surface area contributed by atoms with E-state index in [0.29, 0.717) is 22.8 Å². The number of nitrogens with zero attached hydrogens (tertiary/aromatic N) is 5. The Morgan fingerprint density at radius 2 is 2.10 bits per heavy atom. The van der Waals surface area contributed by atoms with Gasteiger partial charge < -0.3 is 5.73 Å². The first-order valence-corrected chi connectivity index (χ1v) is 5.91. The Bertz CT molecular complexity index is 782. The van der Waals surface area contributed by atoms with Crippen LogP contribution in [0.5, 0.6) is 0 Å². The molecule has 6 nitrogen and oxygen atoms in total. The summed E-state index contributed by atoms with van der Waals surface area (Å²) in [6.45, 7) is 0. The number of nitrogens with two attached hydrogens (primary N) is 1. The van der Waals surface area contributed by atoms with Gasteiger partial charge >= 0.3 is 0 Å². The molecule has 2 aromatic heterocycles. The zero-order valence-corrected chi connectivity index (χ0v) is 10.4. The van der Waals surface area contributed by atoms with Crippen LogP contribution in [0.3, 0.4) is 0 Å². The lowest BCUT2D eigenvalue weighted by atomic mass is 10.1. The summed E-state index contributed by atoms with van der Waals surface area (Å²) in [4.78, 5) is 4.17. The van der Waals surface area contributed by atoms with Crippen molar-refractivity contribution in [3.8, 4) is 23.1 Å². The highest BCUT2D eigenvalue weighted by Gasteiger charge is 2.06. The third kappa shape index (κ3) is 2.20. The fourth-order valence-corrected chi connectivity index (χ4v) is 1.79. The zero-order valence-electron chi connectivity index (χ0n) is 10.4. The van der Waals surface area contributed by atoms with Crippen molar-refractivity contribution in [2.75, 3.05) is 5.73 Å². The van der Waals surface area contributed by atoms with Crippen LogP contribution in [0.4, 0.5) is 5.69 Å². The van der Waals surface area contributed by atoms with E-state index in [0.717, 1.165) is 5.56 Å². The van der Waals surface area contributed by atoms with Crippen molar-refractivity contribution in [1.82, 2.24) is 20.0 Å². The fourth-order valence-electron chi connectivity index (χ4n) is 1.79. The lowest BCUT2D eigenvalue weighted by Crippen LogP contribution is -1.98. The van der Waals surface area contributed by atoms with Crippen LogP contribution in [0.1, 0.15) is 5.56 Å². The van der Waals surface area contributed by atoms with Gasteiger partial charge in [0, 0.05) is 5.56 Å². The van der Waals surface area contributed by atoms with Gasteiger partial charge in [-0.2, -0.15) is 5.26 Å².